The van der Waals surface area contributed by atoms with E-state index >= 15 is 0 Å². The zero-order chi connectivity index (χ0) is 22.2. The Labute approximate surface area is 160 Å². The van der Waals surface area contributed by atoms with Gasteiger partial charge in [0.2, 0.25) is 5.91 Å². The van der Waals surface area contributed by atoms with Crippen LogP contribution in [-0.2, 0) is 11.3 Å². The number of halogens is 3. The predicted molar refractivity (Wildman–Crippen MR) is 91.3 cm³/mol. The lowest BCUT2D eigenvalue weighted by Gasteiger charge is -2.29. The summed E-state index contributed by atoms with van der Waals surface area (Å²) >= 11 is 0. The molecule has 7 nitrogen and oxygen atoms in total. The first kappa shape index (κ1) is 16.6. The molecule has 144 valence electrons. The molecule has 0 saturated heterocycles. The summed E-state index contributed by atoms with van der Waals surface area (Å²) in [6.07, 6.45) is 1.12. The topological polar surface area (TPSA) is 98.1 Å². The molecule has 2 aromatic rings. The Morgan fingerprint density at radius 1 is 1.46 bits per heavy atom. The van der Waals surface area contributed by atoms with Crippen LogP contribution in [0.1, 0.15) is 32.5 Å². The van der Waals surface area contributed by atoms with E-state index in [4.69, 9.17) is 8.00 Å². The van der Waals surface area contributed by atoms with Crippen molar-refractivity contribution in [3.63, 3.8) is 0 Å². The number of hydrogen-bond donors (Lipinski definition) is 2. The molecule has 1 aromatic carbocycles. The third kappa shape index (κ3) is 3.73. The number of fused-ring (bicyclic) bond motifs is 1. The lowest BCUT2D eigenvalue weighted by molar-refractivity contribution is -0.122. The van der Waals surface area contributed by atoms with Crippen molar-refractivity contribution in [3.8, 4) is 6.07 Å². The Bertz CT molecular complexity index is 1090. The Balaban J connectivity index is 1.80. The second kappa shape index (κ2) is 7.56. The van der Waals surface area contributed by atoms with Gasteiger partial charge in [0, 0.05) is 11.8 Å². The highest BCUT2D eigenvalue weighted by Gasteiger charge is 2.28. The number of hydrogen-bond acceptors (Lipinski definition) is 4. The van der Waals surface area contributed by atoms with Gasteiger partial charge >= 0.3 is 6.03 Å². The van der Waals surface area contributed by atoms with E-state index in [2.05, 4.69) is 15.6 Å². The Kier molecular flexibility index (Phi) is 4.47. The maximum atomic E-state index is 14.2. The van der Waals surface area contributed by atoms with Gasteiger partial charge in [-0.15, -0.1) is 0 Å². The third-order valence-corrected chi connectivity index (χ3v) is 3.92. The number of carbonyl (C=O) groups excluding carboxylic acids is 2. The minimum atomic E-state index is -2.83. The van der Waals surface area contributed by atoms with Crippen LogP contribution >= 0.6 is 0 Å². The van der Waals surface area contributed by atoms with E-state index in [9.17, 15) is 22.8 Å². The quantitative estimate of drug-likeness (QED) is 0.837. The molecular formula is C18H14F3N5O2. The van der Waals surface area contributed by atoms with Gasteiger partial charge in [-0.2, -0.15) is 5.26 Å². The van der Waals surface area contributed by atoms with Crippen LogP contribution in [0.3, 0.4) is 0 Å². The second-order valence-electron chi connectivity index (χ2n) is 5.90. The van der Waals surface area contributed by atoms with E-state index in [0.29, 0.717) is 4.90 Å². The second-order valence-corrected chi connectivity index (χ2v) is 5.90. The standard InChI is InChI=1S/C18H14F3N5O2/c1-9(17-13(20)4-10(5-22)6-23-17)24-15(27)8-26-7-11-14(25-18(26)28)3-2-12(19)16(11)21/h2-4,6,9H,7-8H2,1H3,(H,24,27)(H,25,28)/t9-/m1/s1/i7D2. The van der Waals surface area contributed by atoms with Crippen molar-refractivity contribution in [2.45, 2.75) is 19.5 Å². The van der Waals surface area contributed by atoms with Crippen molar-refractivity contribution in [3.05, 3.63) is 58.7 Å². The van der Waals surface area contributed by atoms with Crippen LogP contribution in [0, 0.1) is 28.8 Å². The minimum Gasteiger partial charge on any atom is -0.346 e. The highest BCUT2D eigenvalue weighted by atomic mass is 19.2. The van der Waals surface area contributed by atoms with E-state index in [-0.39, 0.29) is 16.9 Å². The maximum Gasteiger partial charge on any atom is 0.322 e. The van der Waals surface area contributed by atoms with Gasteiger partial charge in [0.05, 0.1) is 32.2 Å². The van der Waals surface area contributed by atoms with E-state index in [1.54, 1.807) is 6.07 Å². The summed E-state index contributed by atoms with van der Waals surface area (Å²) in [7, 11) is 0. The number of nitrogens with one attached hydrogen (secondary N) is 2. The molecule has 0 bridgehead atoms. The van der Waals surface area contributed by atoms with Crippen LogP contribution < -0.4 is 10.6 Å². The van der Waals surface area contributed by atoms with Crippen LogP contribution in [0.5, 0.6) is 0 Å². The fraction of sp³-hybridized carbons (Fsp3) is 0.222. The molecule has 2 heterocycles. The highest BCUT2D eigenvalue weighted by Crippen LogP contribution is 2.27. The van der Waals surface area contributed by atoms with Crippen LogP contribution in [0.2, 0.25) is 0 Å². The first-order valence-corrected chi connectivity index (χ1v) is 7.98. The summed E-state index contributed by atoms with van der Waals surface area (Å²) in [4.78, 5) is 28.8. The zero-order valence-electron chi connectivity index (χ0n) is 16.4. The Morgan fingerprint density at radius 3 is 2.89 bits per heavy atom. The lowest BCUT2D eigenvalue weighted by Crippen LogP contribution is -2.45. The van der Waals surface area contributed by atoms with Gasteiger partial charge in [0.1, 0.15) is 18.4 Å². The van der Waals surface area contributed by atoms with Crippen molar-refractivity contribution in [1.82, 2.24) is 15.2 Å². The minimum absolute atomic E-state index is 0.0131. The van der Waals surface area contributed by atoms with E-state index in [1.165, 1.54) is 6.92 Å². The van der Waals surface area contributed by atoms with Crippen molar-refractivity contribution in [2.24, 2.45) is 0 Å². The number of pyridine rings is 1. The maximum absolute atomic E-state index is 14.2. The molecule has 3 amide bonds. The summed E-state index contributed by atoms with van der Waals surface area (Å²) in [6.45, 7) is -2.30. The van der Waals surface area contributed by atoms with Crippen molar-refractivity contribution in [1.29, 1.82) is 5.26 Å². The van der Waals surface area contributed by atoms with E-state index in [0.717, 1.165) is 24.4 Å². The number of benzene rings is 1. The molecule has 0 fully saturated rings. The first-order chi connectivity index (χ1) is 14.1. The molecule has 1 atom stereocenters. The number of carbonyl (C=O) groups is 2. The average Bonchev–Trinajstić information content (AvgIpc) is 2.67. The summed E-state index contributed by atoms with van der Waals surface area (Å²) < 4.78 is 58.0. The number of nitrogens with zero attached hydrogens (tertiary/aromatic N) is 3. The molecule has 0 aliphatic carbocycles. The summed E-state index contributed by atoms with van der Waals surface area (Å²) in [6, 6.07) is 2.40. The molecule has 3 rings (SSSR count). The number of rotatable bonds is 4. The molecule has 10 heteroatoms. The number of aromatic nitrogens is 1. The normalized spacial score (nSPS) is 16.8. The molecule has 0 radical (unpaired) electrons. The Hall–Kier alpha value is -3.61. The molecule has 0 saturated carbocycles. The highest BCUT2D eigenvalue weighted by molar-refractivity contribution is 5.94. The largest absolute Gasteiger partial charge is 0.346 e. The summed E-state index contributed by atoms with van der Waals surface area (Å²) in [5.74, 6) is -4.53. The number of anilines is 1. The molecule has 0 unspecified atom stereocenters. The number of amides is 3. The molecule has 28 heavy (non-hydrogen) atoms. The van der Waals surface area contributed by atoms with Crippen LogP contribution in [0.15, 0.2) is 24.4 Å². The van der Waals surface area contributed by atoms with Crippen LogP contribution in [0.25, 0.3) is 0 Å². The average molecular weight is 391 g/mol. The SMILES string of the molecule is [2H]C1([2H])c2c(ccc(F)c2F)NC(=O)N1CC(=O)N[C@H](C)c1ncc(C#N)cc1F. The van der Waals surface area contributed by atoms with Gasteiger partial charge in [-0.05, 0) is 25.1 Å². The molecule has 1 aliphatic heterocycles. The van der Waals surface area contributed by atoms with E-state index in [1.807, 2.05) is 0 Å². The molecular weight excluding hydrogens is 375 g/mol. The van der Waals surface area contributed by atoms with Gasteiger partial charge in [0.25, 0.3) is 0 Å². The van der Waals surface area contributed by atoms with Gasteiger partial charge in [0.15, 0.2) is 11.6 Å². The summed E-state index contributed by atoms with van der Waals surface area (Å²) in [5.41, 5.74) is -1.19. The lowest BCUT2D eigenvalue weighted by atomic mass is 10.1. The van der Waals surface area contributed by atoms with Gasteiger partial charge < -0.3 is 15.5 Å². The van der Waals surface area contributed by atoms with Crippen LogP contribution in [0.4, 0.5) is 23.7 Å². The predicted octanol–water partition coefficient (Wildman–Crippen LogP) is 2.60. The van der Waals surface area contributed by atoms with Gasteiger partial charge in [-0.25, -0.2) is 18.0 Å². The third-order valence-electron chi connectivity index (χ3n) is 3.92. The first-order valence-electron chi connectivity index (χ1n) is 8.98. The summed E-state index contributed by atoms with van der Waals surface area (Å²) in [5, 5.41) is 13.3. The number of urea groups is 1. The molecule has 0 spiro atoms. The zero-order valence-corrected chi connectivity index (χ0v) is 14.4. The smallest absolute Gasteiger partial charge is 0.322 e. The number of nitriles is 1. The monoisotopic (exact) mass is 391 g/mol. The van der Waals surface area contributed by atoms with Crippen molar-refractivity contribution >= 4 is 17.6 Å². The van der Waals surface area contributed by atoms with Crippen molar-refractivity contribution < 1.29 is 25.5 Å². The van der Waals surface area contributed by atoms with E-state index < -0.39 is 54.0 Å². The molecule has 1 aromatic heterocycles. The Morgan fingerprint density at radius 2 is 2.21 bits per heavy atom. The fourth-order valence-electron chi connectivity index (χ4n) is 2.57. The van der Waals surface area contributed by atoms with Gasteiger partial charge in [-0.1, -0.05) is 0 Å². The molecule has 2 N–H and O–H groups in total. The molecule has 1 aliphatic rings. The fourth-order valence-corrected chi connectivity index (χ4v) is 2.57. The van der Waals surface area contributed by atoms with Crippen molar-refractivity contribution in [2.75, 3.05) is 11.9 Å². The van der Waals surface area contributed by atoms with Gasteiger partial charge in [-0.3, -0.25) is 9.78 Å². The van der Waals surface area contributed by atoms with Crippen LogP contribution in [-0.4, -0.2) is 28.4 Å².